The summed E-state index contributed by atoms with van der Waals surface area (Å²) in [5.41, 5.74) is -0.855. The first-order valence-electron chi connectivity index (χ1n) is 10.9. The second-order valence-electron chi connectivity index (χ2n) is 8.08. The van der Waals surface area contributed by atoms with Gasteiger partial charge in [0, 0.05) is 28.4 Å². The van der Waals surface area contributed by atoms with Gasteiger partial charge in [0.25, 0.3) is 0 Å². The van der Waals surface area contributed by atoms with E-state index in [1.807, 2.05) is 6.07 Å². The van der Waals surface area contributed by atoms with E-state index in [2.05, 4.69) is 30.0 Å². The van der Waals surface area contributed by atoms with Gasteiger partial charge in [-0.15, -0.1) is 11.3 Å². The largest absolute Gasteiger partial charge is 0.507 e. The van der Waals surface area contributed by atoms with Gasteiger partial charge in [0.1, 0.15) is 17.1 Å². The molecule has 2 heterocycles. The van der Waals surface area contributed by atoms with E-state index in [-0.39, 0.29) is 17.1 Å². The molecule has 33 heavy (non-hydrogen) atoms. The maximum absolute atomic E-state index is 12.8. The predicted octanol–water partition coefficient (Wildman–Crippen LogP) is 5.47. The molecule has 1 amide bonds. The number of methoxy groups -OCH3 is 1. The van der Waals surface area contributed by atoms with E-state index >= 15 is 0 Å². The summed E-state index contributed by atoms with van der Waals surface area (Å²) in [7, 11) is 1.27. The lowest BCUT2D eigenvalue weighted by Gasteiger charge is -2.05. The van der Waals surface area contributed by atoms with E-state index in [1.165, 1.54) is 24.3 Å². The molecule has 2 aromatic heterocycles. The van der Waals surface area contributed by atoms with Crippen molar-refractivity contribution in [1.29, 1.82) is 0 Å². The van der Waals surface area contributed by atoms with Crippen LogP contribution in [0, 0.1) is 5.92 Å². The van der Waals surface area contributed by atoms with E-state index in [0.717, 1.165) is 17.7 Å². The molecule has 0 radical (unpaired) electrons. The van der Waals surface area contributed by atoms with Crippen molar-refractivity contribution in [2.75, 3.05) is 7.11 Å². The van der Waals surface area contributed by atoms with Crippen molar-refractivity contribution in [3.05, 3.63) is 67.5 Å². The van der Waals surface area contributed by atoms with Gasteiger partial charge in [-0.3, -0.25) is 10.1 Å². The van der Waals surface area contributed by atoms with Gasteiger partial charge in [0.05, 0.1) is 7.11 Å². The molecule has 0 aliphatic heterocycles. The van der Waals surface area contributed by atoms with Crippen LogP contribution in [0.4, 0.5) is 4.79 Å². The average Bonchev–Trinajstić information content (AvgIpc) is 3.21. The van der Waals surface area contributed by atoms with Gasteiger partial charge in [-0.1, -0.05) is 19.9 Å². The van der Waals surface area contributed by atoms with Crippen LogP contribution in [0.15, 0.2) is 45.3 Å². The number of rotatable bonds is 11. The fraction of sp³-hybridized carbons (Fsp3) is 0.400. The topological polar surface area (TPSA) is 106 Å². The Morgan fingerprint density at radius 2 is 2.03 bits per heavy atom. The lowest BCUT2D eigenvalue weighted by atomic mass is 10.0. The zero-order chi connectivity index (χ0) is 24.4. The summed E-state index contributed by atoms with van der Waals surface area (Å²) in [6.07, 6.45) is 8.09. The number of Topliss-reactive ketones (excluding diaryl/α,β-unsaturated/α-hetero) is 1. The molecule has 178 valence electrons. The minimum absolute atomic E-state index is 0.290. The van der Waals surface area contributed by atoms with Crippen molar-refractivity contribution in [2.24, 2.45) is 5.92 Å². The molecule has 0 bridgehead atoms. The maximum atomic E-state index is 12.8. The number of allylic oxidation sites excluding steroid dienone is 2. The number of nitrogens with one attached hydrogen (secondary N) is 1. The van der Waals surface area contributed by atoms with Crippen molar-refractivity contribution in [2.45, 2.75) is 52.9 Å². The molecule has 7 nitrogen and oxygen atoms in total. The molecular formula is C25H31NO6S. The first-order valence-corrected chi connectivity index (χ1v) is 11.7. The first kappa shape index (κ1) is 26.1. The average molecular weight is 474 g/mol. The Bertz CT molecular complexity index is 1080. The highest BCUT2D eigenvalue weighted by Gasteiger charge is 2.20. The van der Waals surface area contributed by atoms with Crippen LogP contribution in [0.1, 0.15) is 65.9 Å². The molecule has 0 aliphatic carbocycles. The summed E-state index contributed by atoms with van der Waals surface area (Å²) in [6.45, 7) is 5.99. The number of hydrogen-bond acceptors (Lipinski definition) is 7. The lowest BCUT2D eigenvalue weighted by Crippen LogP contribution is -2.16. The molecule has 0 aliphatic rings. The second kappa shape index (κ2) is 12.8. The van der Waals surface area contributed by atoms with Crippen LogP contribution in [-0.4, -0.2) is 24.1 Å². The van der Waals surface area contributed by atoms with Crippen LogP contribution in [-0.2, 0) is 17.6 Å². The number of carbonyl (C=O) groups excluding carboxylic acids is 2. The molecule has 0 aromatic carbocycles. The minimum atomic E-state index is -0.852. The number of hydrogen-bond donors (Lipinski definition) is 2. The molecular weight excluding hydrogens is 442 g/mol. The van der Waals surface area contributed by atoms with Crippen molar-refractivity contribution >= 4 is 29.3 Å². The number of ketones is 1. The molecule has 2 rings (SSSR count). The zero-order valence-electron chi connectivity index (χ0n) is 19.5. The highest BCUT2D eigenvalue weighted by molar-refractivity contribution is 7.12. The van der Waals surface area contributed by atoms with Crippen LogP contribution in [0.25, 0.3) is 6.08 Å². The van der Waals surface area contributed by atoms with Gasteiger partial charge in [0.15, 0.2) is 5.78 Å². The van der Waals surface area contributed by atoms with Crippen molar-refractivity contribution in [3.8, 4) is 5.75 Å². The highest BCUT2D eigenvalue weighted by atomic mass is 32.1. The third kappa shape index (κ3) is 8.38. The number of carbonyl (C=O) groups is 2. The predicted molar refractivity (Wildman–Crippen MR) is 130 cm³/mol. The number of thiophene rings is 1. The Labute approximate surface area is 197 Å². The minimum Gasteiger partial charge on any atom is -0.507 e. The molecule has 0 fully saturated rings. The SMILES string of the molecule is COC(=O)N/C=C/CCCc1cc(O)c(C(=O)C(C)=Cc2ccc(CCC(C)C)s2)c(=O)o1. The van der Waals surface area contributed by atoms with E-state index in [0.29, 0.717) is 30.8 Å². The van der Waals surface area contributed by atoms with Crippen LogP contribution in [0.2, 0.25) is 0 Å². The molecule has 0 unspecified atom stereocenters. The maximum Gasteiger partial charge on any atom is 0.410 e. The zero-order valence-corrected chi connectivity index (χ0v) is 20.3. The standard InChI is InChI=1S/C25H31NO6S/c1-16(2)9-10-19-11-12-20(33-19)14-17(3)23(28)22-21(27)15-18(32-24(22)29)8-6-5-7-13-26-25(30)31-4/h7,11-16,27H,5-6,8-10H2,1-4H3,(H,26,30)/b13-7+,17-14?. The number of aryl methyl sites for hydroxylation is 2. The van der Waals surface area contributed by atoms with Crippen LogP contribution in [0.3, 0.4) is 0 Å². The quantitative estimate of drug-likeness (QED) is 0.254. The number of amides is 1. The van der Waals surface area contributed by atoms with Crippen LogP contribution >= 0.6 is 11.3 Å². The number of alkyl carbamates (subject to hydrolysis) is 1. The Kier molecular flexibility index (Phi) is 10.1. The summed E-state index contributed by atoms with van der Waals surface area (Å²) < 4.78 is 9.70. The Morgan fingerprint density at radius 3 is 2.70 bits per heavy atom. The smallest absolute Gasteiger partial charge is 0.410 e. The normalized spacial score (nSPS) is 11.8. The summed E-state index contributed by atoms with van der Waals surface area (Å²) in [4.78, 5) is 38.3. The van der Waals surface area contributed by atoms with Gasteiger partial charge < -0.3 is 14.3 Å². The fourth-order valence-corrected chi connectivity index (χ4v) is 4.07. The highest BCUT2D eigenvalue weighted by Crippen LogP contribution is 2.24. The van der Waals surface area contributed by atoms with Gasteiger partial charge in [-0.2, -0.15) is 0 Å². The molecule has 0 spiro atoms. The third-order valence-electron chi connectivity index (χ3n) is 4.87. The summed E-state index contributed by atoms with van der Waals surface area (Å²) in [6, 6.07) is 5.32. The Hall–Kier alpha value is -3.13. The van der Waals surface area contributed by atoms with Gasteiger partial charge in [-0.25, -0.2) is 9.59 Å². The number of unbranched alkanes of at least 4 members (excludes halogenated alkanes) is 1. The molecule has 8 heteroatoms. The third-order valence-corrected chi connectivity index (χ3v) is 5.97. The Morgan fingerprint density at radius 1 is 1.27 bits per heavy atom. The summed E-state index contributed by atoms with van der Waals surface area (Å²) in [5, 5.41) is 12.7. The molecule has 0 saturated carbocycles. The molecule has 2 aromatic rings. The number of aromatic hydroxyl groups is 1. The van der Waals surface area contributed by atoms with Crippen molar-refractivity contribution < 1.29 is 23.8 Å². The van der Waals surface area contributed by atoms with Gasteiger partial charge in [0.2, 0.25) is 0 Å². The second-order valence-corrected chi connectivity index (χ2v) is 9.28. The lowest BCUT2D eigenvalue weighted by molar-refractivity contribution is 0.102. The van der Waals surface area contributed by atoms with Crippen LogP contribution in [0.5, 0.6) is 5.75 Å². The molecule has 0 saturated heterocycles. The van der Waals surface area contributed by atoms with E-state index in [1.54, 1.807) is 30.4 Å². The summed E-state index contributed by atoms with van der Waals surface area (Å²) in [5.74, 6) is -0.0230. The fourth-order valence-electron chi connectivity index (χ4n) is 3.04. The van der Waals surface area contributed by atoms with Gasteiger partial charge >= 0.3 is 11.7 Å². The van der Waals surface area contributed by atoms with E-state index in [4.69, 9.17) is 4.42 Å². The Balaban J connectivity index is 2.02. The number of ether oxygens (including phenoxy) is 1. The van der Waals surface area contributed by atoms with Crippen molar-refractivity contribution in [1.82, 2.24) is 5.32 Å². The van der Waals surface area contributed by atoms with E-state index in [9.17, 15) is 19.5 Å². The molecule has 0 atom stereocenters. The van der Waals surface area contributed by atoms with E-state index < -0.39 is 17.5 Å². The van der Waals surface area contributed by atoms with Gasteiger partial charge in [-0.05, 0) is 62.3 Å². The molecule has 2 N–H and O–H groups in total. The summed E-state index contributed by atoms with van der Waals surface area (Å²) >= 11 is 1.62. The van der Waals surface area contributed by atoms with Crippen LogP contribution < -0.4 is 10.9 Å². The van der Waals surface area contributed by atoms with Crippen molar-refractivity contribution in [3.63, 3.8) is 0 Å². The monoisotopic (exact) mass is 473 g/mol. The first-order chi connectivity index (χ1) is 15.7.